The number of nitriles is 1. The molecule has 0 aliphatic rings. The first-order chi connectivity index (χ1) is 7.38. The molecule has 0 spiro atoms. The number of nitrogens with zero attached hydrogens (tertiary/aromatic N) is 3. The lowest BCUT2D eigenvalue weighted by atomic mass is 10.3. The van der Waals surface area contributed by atoms with Crippen molar-refractivity contribution in [2.45, 2.75) is 6.54 Å². The summed E-state index contributed by atoms with van der Waals surface area (Å²) in [5.41, 5.74) is 1.31. The first-order valence-electron chi connectivity index (χ1n) is 4.48. The standard InChI is InChI=1S/C10H9N5/c11-6-9-5-10(15-14-9)13-7-8-3-1-2-4-12-8/h1-5H,7H2,(H2,13,14,15). The molecule has 2 aromatic heterocycles. The molecule has 5 heteroatoms. The second kappa shape index (κ2) is 4.24. The van der Waals surface area contributed by atoms with Gasteiger partial charge < -0.3 is 5.32 Å². The van der Waals surface area contributed by atoms with E-state index < -0.39 is 0 Å². The van der Waals surface area contributed by atoms with Crippen molar-refractivity contribution in [1.82, 2.24) is 15.2 Å². The lowest BCUT2D eigenvalue weighted by Gasteiger charge is -2.01. The monoisotopic (exact) mass is 199 g/mol. The zero-order chi connectivity index (χ0) is 10.5. The van der Waals surface area contributed by atoms with Crippen LogP contribution in [0.3, 0.4) is 0 Å². The van der Waals surface area contributed by atoms with Crippen LogP contribution >= 0.6 is 0 Å². The van der Waals surface area contributed by atoms with Crippen LogP contribution in [-0.4, -0.2) is 15.2 Å². The molecule has 0 aromatic carbocycles. The molecule has 0 aliphatic heterocycles. The normalized spacial score (nSPS) is 9.53. The predicted molar refractivity (Wildman–Crippen MR) is 54.9 cm³/mol. The second-order valence-electron chi connectivity index (χ2n) is 2.95. The number of aromatic nitrogens is 3. The number of rotatable bonds is 3. The van der Waals surface area contributed by atoms with E-state index in [4.69, 9.17) is 5.26 Å². The Morgan fingerprint density at radius 3 is 3.07 bits per heavy atom. The fraction of sp³-hybridized carbons (Fsp3) is 0.100. The molecule has 0 atom stereocenters. The third-order valence-corrected chi connectivity index (χ3v) is 1.88. The zero-order valence-corrected chi connectivity index (χ0v) is 7.94. The number of aromatic amines is 1. The van der Waals surface area contributed by atoms with Gasteiger partial charge >= 0.3 is 0 Å². The minimum Gasteiger partial charge on any atom is -0.365 e. The highest BCUT2D eigenvalue weighted by atomic mass is 15.2. The van der Waals surface area contributed by atoms with Crippen LogP contribution in [-0.2, 0) is 6.54 Å². The highest BCUT2D eigenvalue weighted by molar-refractivity contribution is 5.39. The quantitative estimate of drug-likeness (QED) is 0.780. The molecular formula is C10H9N5. The van der Waals surface area contributed by atoms with Crippen molar-refractivity contribution in [3.8, 4) is 6.07 Å². The van der Waals surface area contributed by atoms with Crippen LogP contribution in [0.15, 0.2) is 30.5 Å². The summed E-state index contributed by atoms with van der Waals surface area (Å²) in [6, 6.07) is 9.33. The number of H-pyrrole nitrogens is 1. The summed E-state index contributed by atoms with van der Waals surface area (Å²) in [6.07, 6.45) is 1.74. The van der Waals surface area contributed by atoms with Crippen LogP contribution in [0.1, 0.15) is 11.4 Å². The van der Waals surface area contributed by atoms with Gasteiger partial charge in [-0.1, -0.05) is 6.07 Å². The van der Waals surface area contributed by atoms with Crippen molar-refractivity contribution in [2.75, 3.05) is 5.32 Å². The molecule has 0 unspecified atom stereocenters. The van der Waals surface area contributed by atoms with Crippen LogP contribution in [0.2, 0.25) is 0 Å². The lowest BCUT2D eigenvalue weighted by molar-refractivity contribution is 1.01. The van der Waals surface area contributed by atoms with Crippen LogP contribution in [0, 0.1) is 11.3 Å². The smallest absolute Gasteiger partial charge is 0.164 e. The minimum atomic E-state index is 0.374. The topological polar surface area (TPSA) is 77.4 Å². The summed E-state index contributed by atoms with van der Waals surface area (Å²) < 4.78 is 0. The third-order valence-electron chi connectivity index (χ3n) is 1.88. The largest absolute Gasteiger partial charge is 0.365 e. The molecule has 74 valence electrons. The van der Waals surface area contributed by atoms with E-state index in [0.29, 0.717) is 12.2 Å². The van der Waals surface area contributed by atoms with E-state index in [1.165, 1.54) is 0 Å². The molecule has 0 saturated heterocycles. The van der Waals surface area contributed by atoms with Crippen molar-refractivity contribution in [1.29, 1.82) is 5.26 Å². The fourth-order valence-corrected chi connectivity index (χ4v) is 1.16. The van der Waals surface area contributed by atoms with Gasteiger partial charge in [-0.25, -0.2) is 0 Å². The van der Waals surface area contributed by atoms with Gasteiger partial charge in [-0.15, -0.1) is 0 Å². The number of hydrogen-bond donors (Lipinski definition) is 2. The Bertz CT molecular complexity index is 468. The highest BCUT2D eigenvalue weighted by Crippen LogP contribution is 2.05. The van der Waals surface area contributed by atoms with E-state index in [0.717, 1.165) is 11.5 Å². The predicted octanol–water partition coefficient (Wildman–Crippen LogP) is 1.29. The molecule has 2 aromatic rings. The molecule has 2 heterocycles. The molecule has 0 amide bonds. The van der Waals surface area contributed by atoms with E-state index >= 15 is 0 Å². The van der Waals surface area contributed by atoms with E-state index in [1.54, 1.807) is 12.3 Å². The van der Waals surface area contributed by atoms with Gasteiger partial charge in [0.05, 0.1) is 12.2 Å². The molecular weight excluding hydrogens is 190 g/mol. The molecule has 0 radical (unpaired) electrons. The van der Waals surface area contributed by atoms with Crippen molar-refractivity contribution >= 4 is 5.82 Å². The number of anilines is 1. The summed E-state index contributed by atoms with van der Waals surface area (Å²) in [6.45, 7) is 0.605. The molecule has 0 bridgehead atoms. The Labute approximate surface area is 86.8 Å². The SMILES string of the molecule is N#Cc1cc(NCc2ccccn2)[nH]n1. The Balaban J connectivity index is 1.97. The van der Waals surface area contributed by atoms with Crippen molar-refractivity contribution < 1.29 is 0 Å². The average Bonchev–Trinajstić information content (AvgIpc) is 2.76. The van der Waals surface area contributed by atoms with Crippen LogP contribution in [0.5, 0.6) is 0 Å². The Morgan fingerprint density at radius 2 is 2.40 bits per heavy atom. The highest BCUT2D eigenvalue weighted by Gasteiger charge is 1.99. The summed E-state index contributed by atoms with van der Waals surface area (Å²) in [4.78, 5) is 4.16. The van der Waals surface area contributed by atoms with Gasteiger partial charge in [0.2, 0.25) is 0 Å². The first kappa shape index (κ1) is 9.21. The zero-order valence-electron chi connectivity index (χ0n) is 7.94. The van der Waals surface area contributed by atoms with Crippen molar-refractivity contribution in [3.63, 3.8) is 0 Å². The number of nitrogens with one attached hydrogen (secondary N) is 2. The van der Waals surface area contributed by atoms with Gasteiger partial charge in [0.25, 0.3) is 0 Å². The van der Waals surface area contributed by atoms with Crippen LogP contribution < -0.4 is 5.32 Å². The Kier molecular flexibility index (Phi) is 2.61. The van der Waals surface area contributed by atoms with Gasteiger partial charge in [-0.3, -0.25) is 10.1 Å². The first-order valence-corrected chi connectivity index (χ1v) is 4.48. The number of hydrogen-bond acceptors (Lipinski definition) is 4. The van der Waals surface area contributed by atoms with Crippen LogP contribution in [0.4, 0.5) is 5.82 Å². The molecule has 0 saturated carbocycles. The maximum Gasteiger partial charge on any atom is 0.164 e. The Hall–Kier alpha value is -2.35. The van der Waals surface area contributed by atoms with E-state index in [-0.39, 0.29) is 0 Å². The summed E-state index contributed by atoms with van der Waals surface area (Å²) in [7, 11) is 0. The fourth-order valence-electron chi connectivity index (χ4n) is 1.16. The van der Waals surface area contributed by atoms with Gasteiger partial charge in [0.1, 0.15) is 11.9 Å². The maximum absolute atomic E-state index is 8.56. The Morgan fingerprint density at radius 1 is 1.47 bits per heavy atom. The summed E-state index contributed by atoms with van der Waals surface area (Å²) >= 11 is 0. The molecule has 0 aliphatic carbocycles. The van der Waals surface area contributed by atoms with Crippen LogP contribution in [0.25, 0.3) is 0 Å². The summed E-state index contributed by atoms with van der Waals surface area (Å²) in [5, 5.41) is 18.1. The van der Waals surface area contributed by atoms with Gasteiger partial charge in [0, 0.05) is 12.3 Å². The number of pyridine rings is 1. The molecule has 5 nitrogen and oxygen atoms in total. The molecule has 2 rings (SSSR count). The lowest BCUT2D eigenvalue weighted by Crippen LogP contribution is -2.01. The van der Waals surface area contributed by atoms with Gasteiger partial charge in [-0.05, 0) is 12.1 Å². The minimum absolute atomic E-state index is 0.374. The van der Waals surface area contributed by atoms with Gasteiger partial charge in [-0.2, -0.15) is 10.4 Å². The van der Waals surface area contributed by atoms with Crippen molar-refractivity contribution in [2.24, 2.45) is 0 Å². The van der Waals surface area contributed by atoms with E-state index in [9.17, 15) is 0 Å². The summed E-state index contributed by atoms with van der Waals surface area (Å²) in [5.74, 6) is 0.720. The molecule has 0 fully saturated rings. The third kappa shape index (κ3) is 2.31. The van der Waals surface area contributed by atoms with E-state index in [1.807, 2.05) is 24.3 Å². The second-order valence-corrected chi connectivity index (χ2v) is 2.95. The van der Waals surface area contributed by atoms with E-state index in [2.05, 4.69) is 20.5 Å². The average molecular weight is 199 g/mol. The van der Waals surface area contributed by atoms with Crippen molar-refractivity contribution in [3.05, 3.63) is 41.9 Å². The maximum atomic E-state index is 8.56. The van der Waals surface area contributed by atoms with Gasteiger partial charge in [0.15, 0.2) is 5.69 Å². The molecule has 15 heavy (non-hydrogen) atoms. The molecule has 2 N–H and O–H groups in total.